The van der Waals surface area contributed by atoms with E-state index in [1.807, 2.05) is 18.3 Å². The third-order valence-corrected chi connectivity index (χ3v) is 5.91. The molecule has 1 saturated heterocycles. The molecule has 1 fully saturated rings. The molecule has 0 saturated carbocycles. The zero-order valence-electron chi connectivity index (χ0n) is 17.4. The minimum Gasteiger partial charge on any atom is -0.296 e. The molecule has 29 heavy (non-hydrogen) atoms. The van der Waals surface area contributed by atoms with Crippen molar-refractivity contribution in [3.8, 4) is 5.69 Å². The minimum absolute atomic E-state index is 0.0942. The number of hydrogen-bond donors (Lipinski definition) is 0. The number of para-hydroxylation sites is 1. The molecule has 0 aliphatic carbocycles. The number of piperidine rings is 1. The van der Waals surface area contributed by atoms with Crippen LogP contribution in [-0.2, 0) is 12.0 Å². The maximum atomic E-state index is 4.76. The van der Waals surface area contributed by atoms with Crippen molar-refractivity contribution in [1.29, 1.82) is 0 Å². The van der Waals surface area contributed by atoms with E-state index in [0.29, 0.717) is 0 Å². The second-order valence-corrected chi connectivity index (χ2v) is 9.46. The highest BCUT2D eigenvalue weighted by Crippen LogP contribution is 2.29. The van der Waals surface area contributed by atoms with Gasteiger partial charge in [0.05, 0.1) is 6.54 Å². The van der Waals surface area contributed by atoms with Gasteiger partial charge in [0.2, 0.25) is 5.16 Å². The van der Waals surface area contributed by atoms with Crippen LogP contribution in [0.2, 0.25) is 0 Å². The lowest BCUT2D eigenvalue weighted by Gasteiger charge is -2.26. The Bertz CT molecular complexity index is 941. The van der Waals surface area contributed by atoms with Crippen LogP contribution in [0.3, 0.4) is 0 Å². The van der Waals surface area contributed by atoms with Gasteiger partial charge in [-0.3, -0.25) is 9.47 Å². The Morgan fingerprint density at radius 3 is 2.45 bits per heavy atom. The molecule has 0 unspecified atom stereocenters. The summed E-state index contributed by atoms with van der Waals surface area (Å²) in [5.74, 6) is 1.81. The van der Waals surface area contributed by atoms with Crippen LogP contribution in [-0.4, -0.2) is 42.7 Å². The normalized spacial score (nSPS) is 15.6. The first-order chi connectivity index (χ1) is 14.0. The Balaban J connectivity index is 1.66. The van der Waals surface area contributed by atoms with Gasteiger partial charge in [-0.2, -0.15) is 0 Å². The quantitative estimate of drug-likeness (QED) is 0.580. The van der Waals surface area contributed by atoms with Gasteiger partial charge < -0.3 is 0 Å². The van der Waals surface area contributed by atoms with Crippen molar-refractivity contribution in [2.75, 3.05) is 13.1 Å². The van der Waals surface area contributed by atoms with Crippen molar-refractivity contribution < 1.29 is 0 Å². The molecule has 0 N–H and O–H groups in total. The van der Waals surface area contributed by atoms with Crippen molar-refractivity contribution >= 4 is 11.8 Å². The molecule has 0 spiro atoms. The highest BCUT2D eigenvalue weighted by atomic mass is 32.2. The second kappa shape index (κ2) is 8.63. The fourth-order valence-electron chi connectivity index (χ4n) is 3.48. The maximum Gasteiger partial charge on any atom is 0.202 e. The molecular formula is C22H28N6S. The lowest BCUT2D eigenvalue weighted by Crippen LogP contribution is -2.30. The van der Waals surface area contributed by atoms with Crippen LogP contribution in [0.4, 0.5) is 0 Å². The van der Waals surface area contributed by atoms with E-state index in [4.69, 9.17) is 4.98 Å². The molecule has 1 aromatic carbocycles. The molecule has 0 bridgehead atoms. The Morgan fingerprint density at radius 2 is 1.72 bits per heavy atom. The lowest BCUT2D eigenvalue weighted by atomic mass is 9.96. The van der Waals surface area contributed by atoms with Gasteiger partial charge in [0.15, 0.2) is 5.82 Å². The molecule has 0 atom stereocenters. The number of likely N-dealkylation sites (tertiary alicyclic amines) is 1. The van der Waals surface area contributed by atoms with Gasteiger partial charge >= 0.3 is 0 Å². The zero-order valence-corrected chi connectivity index (χ0v) is 18.2. The van der Waals surface area contributed by atoms with E-state index < -0.39 is 0 Å². The summed E-state index contributed by atoms with van der Waals surface area (Å²) in [6.45, 7) is 9.45. The smallest absolute Gasteiger partial charge is 0.202 e. The fraction of sp³-hybridized carbons (Fsp3) is 0.455. The maximum absolute atomic E-state index is 4.76. The topological polar surface area (TPSA) is 59.7 Å². The van der Waals surface area contributed by atoms with Crippen LogP contribution in [0.1, 0.15) is 51.7 Å². The third-order valence-electron chi connectivity index (χ3n) is 5.03. The molecule has 6 nitrogen and oxygen atoms in total. The summed E-state index contributed by atoms with van der Waals surface area (Å²) in [7, 11) is 0. The predicted octanol–water partition coefficient (Wildman–Crippen LogP) is 4.49. The van der Waals surface area contributed by atoms with E-state index in [1.54, 1.807) is 11.8 Å². The van der Waals surface area contributed by atoms with Crippen LogP contribution in [0.25, 0.3) is 5.69 Å². The van der Waals surface area contributed by atoms with Gasteiger partial charge in [0.25, 0.3) is 0 Å². The largest absolute Gasteiger partial charge is 0.296 e. The van der Waals surface area contributed by atoms with E-state index in [9.17, 15) is 0 Å². The molecule has 3 aromatic rings. The highest BCUT2D eigenvalue weighted by molar-refractivity contribution is 7.99. The predicted molar refractivity (Wildman–Crippen MR) is 115 cm³/mol. The summed E-state index contributed by atoms with van der Waals surface area (Å²) in [6, 6.07) is 12.3. The Hall–Kier alpha value is -2.25. The fourth-order valence-corrected chi connectivity index (χ4v) is 4.31. The van der Waals surface area contributed by atoms with E-state index in [-0.39, 0.29) is 5.41 Å². The van der Waals surface area contributed by atoms with Gasteiger partial charge in [-0.1, -0.05) is 45.4 Å². The van der Waals surface area contributed by atoms with Crippen molar-refractivity contribution in [3.63, 3.8) is 0 Å². The van der Waals surface area contributed by atoms with Crippen LogP contribution >= 0.6 is 11.8 Å². The Labute approximate surface area is 176 Å². The zero-order chi connectivity index (χ0) is 20.3. The molecule has 7 heteroatoms. The van der Waals surface area contributed by atoms with Gasteiger partial charge in [-0.05, 0) is 55.9 Å². The molecule has 0 amide bonds. The first kappa shape index (κ1) is 20.0. The molecule has 1 aliphatic rings. The van der Waals surface area contributed by atoms with Gasteiger partial charge in [0, 0.05) is 17.3 Å². The van der Waals surface area contributed by atoms with Gasteiger partial charge in [-0.25, -0.2) is 9.97 Å². The molecule has 0 radical (unpaired) electrons. The van der Waals surface area contributed by atoms with Crippen molar-refractivity contribution in [2.24, 2.45) is 0 Å². The SMILES string of the molecule is CC(C)(C)c1nccc(Sc2nnc(CN3CCCCC3)n2-c2ccccc2)n1. The summed E-state index contributed by atoms with van der Waals surface area (Å²) in [5, 5.41) is 10.8. The summed E-state index contributed by atoms with van der Waals surface area (Å²) < 4.78 is 2.16. The Morgan fingerprint density at radius 1 is 0.966 bits per heavy atom. The summed E-state index contributed by atoms with van der Waals surface area (Å²) in [6.07, 6.45) is 5.68. The highest BCUT2D eigenvalue weighted by Gasteiger charge is 2.21. The average Bonchev–Trinajstić information content (AvgIpc) is 3.11. The number of nitrogens with zero attached hydrogens (tertiary/aromatic N) is 6. The van der Waals surface area contributed by atoms with Crippen molar-refractivity contribution in [2.45, 2.75) is 62.2 Å². The number of hydrogen-bond acceptors (Lipinski definition) is 6. The monoisotopic (exact) mass is 408 g/mol. The first-order valence-corrected chi connectivity index (χ1v) is 11.1. The average molecular weight is 409 g/mol. The van der Waals surface area contributed by atoms with Crippen LogP contribution < -0.4 is 0 Å². The van der Waals surface area contributed by atoms with Crippen molar-refractivity contribution in [3.05, 3.63) is 54.2 Å². The number of aromatic nitrogens is 5. The van der Waals surface area contributed by atoms with Crippen LogP contribution in [0.15, 0.2) is 52.8 Å². The summed E-state index contributed by atoms with van der Waals surface area (Å²) >= 11 is 1.54. The van der Waals surface area contributed by atoms with Crippen LogP contribution in [0, 0.1) is 0 Å². The van der Waals surface area contributed by atoms with E-state index in [2.05, 4.69) is 69.7 Å². The summed E-state index contributed by atoms with van der Waals surface area (Å²) in [4.78, 5) is 11.7. The lowest BCUT2D eigenvalue weighted by molar-refractivity contribution is 0.214. The van der Waals surface area contributed by atoms with E-state index >= 15 is 0 Å². The molecular weight excluding hydrogens is 380 g/mol. The standard InChI is InChI=1S/C22H28N6S/c1-22(2,3)20-23-13-12-19(24-20)29-21-26-25-18(16-27-14-8-5-9-15-27)28(21)17-10-6-4-7-11-17/h4,6-7,10-13H,5,8-9,14-16H2,1-3H3. The van der Waals surface area contributed by atoms with Gasteiger partial charge in [-0.15, -0.1) is 10.2 Å². The third kappa shape index (κ3) is 4.85. The van der Waals surface area contributed by atoms with Crippen molar-refractivity contribution in [1.82, 2.24) is 29.6 Å². The first-order valence-electron chi connectivity index (χ1n) is 10.2. The van der Waals surface area contributed by atoms with E-state index in [0.717, 1.165) is 47.2 Å². The molecule has 3 heterocycles. The molecule has 4 rings (SSSR count). The molecule has 1 aliphatic heterocycles. The molecule has 2 aromatic heterocycles. The second-order valence-electron chi connectivity index (χ2n) is 8.48. The number of rotatable bonds is 5. The Kier molecular flexibility index (Phi) is 5.96. The minimum atomic E-state index is -0.0942. The summed E-state index contributed by atoms with van der Waals surface area (Å²) in [5.41, 5.74) is 0.987. The van der Waals surface area contributed by atoms with E-state index in [1.165, 1.54) is 19.3 Å². The molecule has 152 valence electrons. The van der Waals surface area contributed by atoms with Crippen LogP contribution in [0.5, 0.6) is 0 Å². The van der Waals surface area contributed by atoms with Gasteiger partial charge in [0.1, 0.15) is 10.9 Å². The number of benzene rings is 1.